The van der Waals surface area contributed by atoms with Gasteiger partial charge in [-0.05, 0) is 89.1 Å². The molecule has 0 aliphatic carbocycles. The van der Waals surface area contributed by atoms with E-state index in [4.69, 9.17) is 4.74 Å². The van der Waals surface area contributed by atoms with Gasteiger partial charge in [0.25, 0.3) is 0 Å². The summed E-state index contributed by atoms with van der Waals surface area (Å²) in [7, 11) is 4.24. The fraction of sp³-hybridized carbons (Fsp3) is 0.538. The second-order valence-corrected chi connectivity index (χ2v) is 8.61. The fourth-order valence-electron chi connectivity index (χ4n) is 4.08. The molecule has 1 aliphatic heterocycles. The van der Waals surface area contributed by atoms with E-state index in [9.17, 15) is 0 Å². The van der Waals surface area contributed by atoms with Gasteiger partial charge in [-0.15, -0.1) is 0 Å². The van der Waals surface area contributed by atoms with E-state index in [-0.39, 0.29) is 6.10 Å². The molecule has 3 heteroatoms. The van der Waals surface area contributed by atoms with Crippen molar-refractivity contribution in [2.75, 3.05) is 40.3 Å². The minimum atomic E-state index is 0.0907. The summed E-state index contributed by atoms with van der Waals surface area (Å²) in [5.41, 5.74) is 2.71. The van der Waals surface area contributed by atoms with E-state index in [1.807, 2.05) is 30.3 Å². The maximum atomic E-state index is 6.32. The van der Waals surface area contributed by atoms with Gasteiger partial charge < -0.3 is 14.5 Å². The van der Waals surface area contributed by atoms with Crippen molar-refractivity contribution >= 4 is 0 Å². The number of hydrogen-bond donors (Lipinski definition) is 0. The smallest absolute Gasteiger partial charge is 0.125 e. The van der Waals surface area contributed by atoms with Gasteiger partial charge >= 0.3 is 0 Å². The predicted octanol–water partition coefficient (Wildman–Crippen LogP) is 5.57. The summed E-state index contributed by atoms with van der Waals surface area (Å²) in [4.78, 5) is 4.86. The predicted molar refractivity (Wildman–Crippen MR) is 123 cm³/mol. The van der Waals surface area contributed by atoms with Crippen LogP contribution in [-0.4, -0.2) is 50.1 Å². The molecule has 1 saturated heterocycles. The minimum Gasteiger partial charge on any atom is -0.486 e. The summed E-state index contributed by atoms with van der Waals surface area (Å²) in [6.45, 7) is 4.90. The van der Waals surface area contributed by atoms with Crippen molar-refractivity contribution in [1.29, 1.82) is 0 Å². The first-order chi connectivity index (χ1) is 14.2. The second kappa shape index (κ2) is 12.0. The standard InChI is InChI=1S/C26H38N2O/c1-27(2)22-18-26(29-25-12-5-3-6-13-25)24-16-14-23(15-17-24)11-7-10-21-28-19-8-4-9-20-28/h3,5-6,12-17,26H,4,7-11,18-22H2,1-2H3. The number of rotatable bonds is 11. The number of ether oxygens (including phenoxy) is 1. The Morgan fingerprint density at radius 2 is 1.62 bits per heavy atom. The van der Waals surface area contributed by atoms with E-state index >= 15 is 0 Å². The van der Waals surface area contributed by atoms with Crippen molar-refractivity contribution in [2.45, 2.75) is 51.0 Å². The van der Waals surface area contributed by atoms with Gasteiger partial charge in [-0.3, -0.25) is 0 Å². The summed E-state index contributed by atoms with van der Waals surface area (Å²) in [6, 6.07) is 19.3. The van der Waals surface area contributed by atoms with Crippen LogP contribution in [0.2, 0.25) is 0 Å². The Morgan fingerprint density at radius 1 is 0.897 bits per heavy atom. The third-order valence-electron chi connectivity index (χ3n) is 5.85. The molecule has 1 atom stereocenters. The van der Waals surface area contributed by atoms with Crippen LogP contribution in [-0.2, 0) is 6.42 Å². The van der Waals surface area contributed by atoms with E-state index in [0.717, 1.165) is 18.7 Å². The molecule has 0 aromatic heterocycles. The first kappa shape index (κ1) is 21.9. The largest absolute Gasteiger partial charge is 0.486 e. The quantitative estimate of drug-likeness (QED) is 0.464. The van der Waals surface area contributed by atoms with Crippen molar-refractivity contribution in [2.24, 2.45) is 0 Å². The summed E-state index contributed by atoms with van der Waals surface area (Å²) in [5.74, 6) is 0.943. The number of aryl methyl sites for hydroxylation is 1. The van der Waals surface area contributed by atoms with Gasteiger partial charge in [0.05, 0.1) is 0 Å². The molecule has 0 bridgehead atoms. The zero-order chi connectivity index (χ0) is 20.3. The van der Waals surface area contributed by atoms with Crippen LogP contribution in [0.1, 0.15) is 55.8 Å². The van der Waals surface area contributed by atoms with E-state index in [2.05, 4.69) is 48.2 Å². The molecule has 1 aliphatic rings. The fourth-order valence-corrected chi connectivity index (χ4v) is 4.08. The Labute approximate surface area is 177 Å². The maximum Gasteiger partial charge on any atom is 0.125 e. The lowest BCUT2D eigenvalue weighted by Crippen LogP contribution is -2.30. The Balaban J connectivity index is 1.50. The van der Waals surface area contributed by atoms with Crippen LogP contribution in [0.3, 0.4) is 0 Å². The molecule has 2 aromatic rings. The molecular weight excluding hydrogens is 356 g/mol. The maximum absolute atomic E-state index is 6.32. The van der Waals surface area contributed by atoms with Gasteiger partial charge in [0.15, 0.2) is 0 Å². The van der Waals surface area contributed by atoms with Gasteiger partial charge in [-0.2, -0.15) is 0 Å². The number of para-hydroxylation sites is 1. The first-order valence-electron chi connectivity index (χ1n) is 11.4. The van der Waals surface area contributed by atoms with Crippen molar-refractivity contribution in [1.82, 2.24) is 9.80 Å². The number of benzene rings is 2. The van der Waals surface area contributed by atoms with Gasteiger partial charge in [-0.25, -0.2) is 0 Å². The lowest BCUT2D eigenvalue weighted by atomic mass is 10.0. The van der Waals surface area contributed by atoms with Gasteiger partial charge in [0.1, 0.15) is 11.9 Å². The zero-order valence-electron chi connectivity index (χ0n) is 18.4. The molecule has 0 radical (unpaired) electrons. The Hall–Kier alpha value is -1.84. The molecule has 0 saturated carbocycles. The second-order valence-electron chi connectivity index (χ2n) is 8.61. The number of likely N-dealkylation sites (tertiary alicyclic amines) is 1. The van der Waals surface area contributed by atoms with Crippen LogP contribution in [0.4, 0.5) is 0 Å². The number of nitrogens with zero attached hydrogens (tertiary/aromatic N) is 2. The third-order valence-corrected chi connectivity index (χ3v) is 5.85. The highest BCUT2D eigenvalue weighted by Crippen LogP contribution is 2.25. The molecule has 3 nitrogen and oxygen atoms in total. The highest BCUT2D eigenvalue weighted by atomic mass is 16.5. The Kier molecular flexibility index (Phi) is 9.04. The summed E-state index contributed by atoms with van der Waals surface area (Å²) < 4.78 is 6.32. The zero-order valence-corrected chi connectivity index (χ0v) is 18.4. The van der Waals surface area contributed by atoms with Crippen LogP contribution in [0.15, 0.2) is 54.6 Å². The molecule has 158 valence electrons. The van der Waals surface area contributed by atoms with Crippen LogP contribution in [0.5, 0.6) is 5.75 Å². The van der Waals surface area contributed by atoms with Crippen molar-refractivity contribution in [3.05, 3.63) is 65.7 Å². The average molecular weight is 395 g/mol. The topological polar surface area (TPSA) is 15.7 Å². The van der Waals surface area contributed by atoms with Crippen LogP contribution >= 0.6 is 0 Å². The molecule has 1 unspecified atom stereocenters. The van der Waals surface area contributed by atoms with E-state index in [1.165, 1.54) is 69.3 Å². The lowest BCUT2D eigenvalue weighted by Gasteiger charge is -2.26. The first-order valence-corrected chi connectivity index (χ1v) is 11.4. The average Bonchev–Trinajstić information content (AvgIpc) is 2.76. The van der Waals surface area contributed by atoms with Crippen molar-refractivity contribution in [3.8, 4) is 5.75 Å². The van der Waals surface area contributed by atoms with Crippen LogP contribution in [0, 0.1) is 0 Å². The number of piperidine rings is 1. The van der Waals surface area contributed by atoms with Gasteiger partial charge in [0.2, 0.25) is 0 Å². The molecular formula is C26H38N2O. The van der Waals surface area contributed by atoms with E-state index in [0.29, 0.717) is 0 Å². The molecule has 29 heavy (non-hydrogen) atoms. The Morgan fingerprint density at radius 3 is 2.31 bits per heavy atom. The van der Waals surface area contributed by atoms with Crippen LogP contribution in [0.25, 0.3) is 0 Å². The lowest BCUT2D eigenvalue weighted by molar-refractivity contribution is 0.179. The summed E-state index contributed by atoms with van der Waals surface area (Å²) in [5, 5.41) is 0. The van der Waals surface area contributed by atoms with Crippen molar-refractivity contribution in [3.63, 3.8) is 0 Å². The molecule has 3 rings (SSSR count). The summed E-state index contributed by atoms with van der Waals surface area (Å²) in [6.07, 6.45) is 9.04. The summed E-state index contributed by atoms with van der Waals surface area (Å²) >= 11 is 0. The Bertz CT molecular complexity index is 678. The third kappa shape index (κ3) is 7.83. The molecule has 2 aromatic carbocycles. The highest BCUT2D eigenvalue weighted by molar-refractivity contribution is 5.27. The van der Waals surface area contributed by atoms with Gasteiger partial charge in [0, 0.05) is 13.0 Å². The normalized spacial score (nSPS) is 16.1. The molecule has 0 spiro atoms. The molecule has 0 amide bonds. The molecule has 1 heterocycles. The SMILES string of the molecule is CN(C)CCC(Oc1ccccc1)c1ccc(CCCCN2CCCCC2)cc1. The number of hydrogen-bond acceptors (Lipinski definition) is 3. The highest BCUT2D eigenvalue weighted by Gasteiger charge is 2.14. The van der Waals surface area contributed by atoms with E-state index < -0.39 is 0 Å². The molecule has 1 fully saturated rings. The number of unbranched alkanes of at least 4 members (excludes halogenated alkanes) is 1. The molecule has 0 N–H and O–H groups in total. The monoisotopic (exact) mass is 394 g/mol. The van der Waals surface area contributed by atoms with E-state index in [1.54, 1.807) is 0 Å². The minimum absolute atomic E-state index is 0.0907. The van der Waals surface area contributed by atoms with Crippen molar-refractivity contribution < 1.29 is 4.74 Å². The van der Waals surface area contributed by atoms with Crippen LogP contribution < -0.4 is 4.74 Å². The van der Waals surface area contributed by atoms with Gasteiger partial charge in [-0.1, -0.05) is 48.9 Å².